The molecule has 2 aliphatic rings. The van der Waals surface area contributed by atoms with Crippen molar-refractivity contribution in [3.05, 3.63) is 41.6 Å². The van der Waals surface area contributed by atoms with Crippen LogP contribution in [0.4, 0.5) is 13.2 Å². The lowest BCUT2D eigenvalue weighted by Gasteiger charge is -2.47. The van der Waals surface area contributed by atoms with E-state index in [9.17, 15) is 18.0 Å². The molecule has 0 saturated carbocycles. The largest absolute Gasteiger partial charge is 0.416 e. The van der Waals surface area contributed by atoms with E-state index in [0.717, 1.165) is 25.0 Å². The Morgan fingerprint density at radius 3 is 2.31 bits per heavy atom. The third-order valence-electron chi connectivity index (χ3n) is 6.30. The molecule has 29 heavy (non-hydrogen) atoms. The van der Waals surface area contributed by atoms with Crippen LogP contribution in [0.3, 0.4) is 0 Å². The quantitative estimate of drug-likeness (QED) is 0.842. The first-order valence-corrected chi connectivity index (χ1v) is 9.97. The highest BCUT2D eigenvalue weighted by Gasteiger charge is 2.36. The maximum atomic E-state index is 12.8. The molecule has 2 bridgehead atoms. The van der Waals surface area contributed by atoms with Gasteiger partial charge in [0.15, 0.2) is 5.69 Å². The van der Waals surface area contributed by atoms with E-state index < -0.39 is 11.7 Å². The number of nitrogens with zero attached hydrogens (tertiary/aromatic N) is 3. The van der Waals surface area contributed by atoms with E-state index in [4.69, 9.17) is 0 Å². The van der Waals surface area contributed by atoms with Crippen molar-refractivity contribution in [1.82, 2.24) is 20.0 Å². The number of hydrogen-bond donors (Lipinski definition) is 1. The molecule has 0 radical (unpaired) electrons. The second kappa shape index (κ2) is 7.48. The van der Waals surface area contributed by atoms with Crippen LogP contribution >= 0.6 is 0 Å². The van der Waals surface area contributed by atoms with Gasteiger partial charge < -0.3 is 10.2 Å². The summed E-state index contributed by atoms with van der Waals surface area (Å²) in [4.78, 5) is 15.2. The molecule has 3 heterocycles. The molecule has 2 fully saturated rings. The summed E-state index contributed by atoms with van der Waals surface area (Å²) in [6.07, 6.45) is 1.09. The molecule has 1 amide bonds. The summed E-state index contributed by atoms with van der Waals surface area (Å²) in [6.45, 7) is 0. The van der Waals surface area contributed by atoms with Gasteiger partial charge in [-0.25, -0.2) is 0 Å². The van der Waals surface area contributed by atoms with Gasteiger partial charge in [-0.2, -0.15) is 18.3 Å². The van der Waals surface area contributed by atoms with Gasteiger partial charge in [-0.1, -0.05) is 18.6 Å². The van der Waals surface area contributed by atoms with Crippen molar-refractivity contribution in [2.45, 2.75) is 56.4 Å². The molecular weight excluding hydrogens is 381 g/mol. The van der Waals surface area contributed by atoms with Crippen molar-refractivity contribution in [2.75, 3.05) is 7.05 Å². The van der Waals surface area contributed by atoms with Crippen LogP contribution < -0.4 is 5.32 Å². The van der Waals surface area contributed by atoms with Gasteiger partial charge in [0.05, 0.1) is 11.3 Å². The zero-order valence-electron chi connectivity index (χ0n) is 16.5. The number of carbonyl (C=O) groups excluding carboxylic acids is 1. The van der Waals surface area contributed by atoms with Crippen LogP contribution in [0.5, 0.6) is 0 Å². The summed E-state index contributed by atoms with van der Waals surface area (Å²) in [5, 5.41) is 7.40. The Morgan fingerprint density at radius 2 is 1.72 bits per heavy atom. The lowest BCUT2D eigenvalue weighted by Crippen LogP contribution is -2.55. The van der Waals surface area contributed by atoms with Crippen molar-refractivity contribution in [3.63, 3.8) is 0 Å². The van der Waals surface area contributed by atoms with Crippen LogP contribution in [-0.4, -0.2) is 45.8 Å². The average molecular weight is 406 g/mol. The fourth-order valence-corrected chi connectivity index (χ4v) is 4.67. The van der Waals surface area contributed by atoms with Gasteiger partial charge in [0.25, 0.3) is 5.91 Å². The number of nitrogens with one attached hydrogen (secondary N) is 1. The third kappa shape index (κ3) is 4.03. The first kappa shape index (κ1) is 19.9. The molecule has 2 aromatic rings. The van der Waals surface area contributed by atoms with E-state index >= 15 is 0 Å². The maximum Gasteiger partial charge on any atom is 0.416 e. The van der Waals surface area contributed by atoms with Crippen LogP contribution in [0, 0.1) is 0 Å². The number of amides is 1. The van der Waals surface area contributed by atoms with Crippen molar-refractivity contribution in [2.24, 2.45) is 7.05 Å². The van der Waals surface area contributed by atoms with Gasteiger partial charge >= 0.3 is 6.18 Å². The normalized spacial score (nSPS) is 25.1. The number of carbonyl (C=O) groups is 1. The molecule has 2 aliphatic heterocycles. The summed E-state index contributed by atoms with van der Waals surface area (Å²) in [5.74, 6) is -0.230. The number of rotatable bonds is 3. The molecule has 8 heteroatoms. The average Bonchev–Trinajstić information content (AvgIpc) is 3.04. The summed E-state index contributed by atoms with van der Waals surface area (Å²) >= 11 is 0. The predicted molar refractivity (Wildman–Crippen MR) is 103 cm³/mol. The predicted octanol–water partition coefficient (Wildman–Crippen LogP) is 3.85. The van der Waals surface area contributed by atoms with Gasteiger partial charge in [0.1, 0.15) is 0 Å². The highest BCUT2D eigenvalue weighted by Crippen LogP contribution is 2.33. The summed E-state index contributed by atoms with van der Waals surface area (Å²) in [5.41, 5.74) is 0.769. The smallest absolute Gasteiger partial charge is 0.348 e. The number of piperidine rings is 2. The maximum absolute atomic E-state index is 12.8. The van der Waals surface area contributed by atoms with Crippen molar-refractivity contribution in [1.29, 1.82) is 0 Å². The van der Waals surface area contributed by atoms with Gasteiger partial charge in [0, 0.05) is 25.2 Å². The number of hydrogen-bond acceptors (Lipinski definition) is 3. The highest BCUT2D eigenvalue weighted by atomic mass is 19.4. The molecule has 2 saturated heterocycles. The first-order valence-electron chi connectivity index (χ1n) is 9.97. The van der Waals surface area contributed by atoms with Gasteiger partial charge in [-0.05, 0) is 56.5 Å². The molecule has 1 aromatic carbocycles. The monoisotopic (exact) mass is 406 g/mol. The fourth-order valence-electron chi connectivity index (χ4n) is 4.67. The van der Waals surface area contributed by atoms with Gasteiger partial charge in [0.2, 0.25) is 0 Å². The number of halogens is 3. The Kier molecular flexibility index (Phi) is 5.14. The lowest BCUT2D eigenvalue weighted by atomic mass is 9.82. The third-order valence-corrected chi connectivity index (χ3v) is 6.30. The standard InChI is InChI=1S/C21H25F3N4O/c1-27-16-4-3-5-17(27)11-15(10-16)25-20(29)18-12-19(28(2)26-18)13-6-8-14(9-7-13)21(22,23)24/h6-9,12,15-17H,3-5,10-11H2,1-2H3,(H,25,29)/t15?,16-,17+. The van der Waals surface area contributed by atoms with E-state index in [1.54, 1.807) is 13.1 Å². The van der Waals surface area contributed by atoms with Gasteiger partial charge in [-0.3, -0.25) is 9.48 Å². The van der Waals surface area contributed by atoms with Gasteiger partial charge in [-0.15, -0.1) is 0 Å². The van der Waals surface area contributed by atoms with Crippen LogP contribution in [0.1, 0.15) is 48.2 Å². The van der Waals surface area contributed by atoms with Crippen LogP contribution in [0.15, 0.2) is 30.3 Å². The molecule has 1 N–H and O–H groups in total. The molecule has 0 spiro atoms. The summed E-state index contributed by atoms with van der Waals surface area (Å²) < 4.78 is 39.8. The summed E-state index contributed by atoms with van der Waals surface area (Å²) in [6, 6.07) is 7.68. The van der Waals surface area contributed by atoms with Crippen LogP contribution in [0.25, 0.3) is 11.3 Å². The Morgan fingerprint density at radius 1 is 1.10 bits per heavy atom. The molecule has 5 nitrogen and oxygen atoms in total. The first-order chi connectivity index (χ1) is 13.7. The van der Waals surface area contributed by atoms with Crippen molar-refractivity contribution >= 4 is 5.91 Å². The molecule has 1 aromatic heterocycles. The molecule has 156 valence electrons. The van der Waals surface area contributed by atoms with E-state index in [0.29, 0.717) is 23.3 Å². The minimum absolute atomic E-state index is 0.130. The number of fused-ring (bicyclic) bond motifs is 2. The number of benzene rings is 1. The van der Waals surface area contributed by atoms with Crippen LogP contribution in [-0.2, 0) is 13.2 Å². The van der Waals surface area contributed by atoms with E-state index in [1.165, 1.54) is 36.1 Å². The fraction of sp³-hybridized carbons (Fsp3) is 0.524. The Balaban J connectivity index is 1.47. The van der Waals surface area contributed by atoms with E-state index in [1.807, 2.05) is 0 Å². The van der Waals surface area contributed by atoms with E-state index in [2.05, 4.69) is 22.4 Å². The highest BCUT2D eigenvalue weighted by molar-refractivity contribution is 5.93. The second-order valence-corrected chi connectivity index (χ2v) is 8.16. The molecule has 0 aliphatic carbocycles. The minimum Gasteiger partial charge on any atom is -0.348 e. The minimum atomic E-state index is -4.37. The second-order valence-electron chi connectivity index (χ2n) is 8.16. The SMILES string of the molecule is CN1[C@@H]2CCC[C@H]1CC(NC(=O)c1cc(-c3ccc(C(F)(F)F)cc3)n(C)n1)C2. The number of aryl methyl sites for hydroxylation is 1. The topological polar surface area (TPSA) is 50.2 Å². The molecular formula is C21H25F3N4O. The molecule has 4 rings (SSSR count). The molecule has 3 atom stereocenters. The van der Waals surface area contributed by atoms with E-state index in [-0.39, 0.29) is 17.6 Å². The van der Waals surface area contributed by atoms with Crippen LogP contribution in [0.2, 0.25) is 0 Å². The number of aromatic nitrogens is 2. The number of alkyl halides is 3. The lowest BCUT2D eigenvalue weighted by molar-refractivity contribution is -0.137. The van der Waals surface area contributed by atoms with Crippen molar-refractivity contribution in [3.8, 4) is 11.3 Å². The Labute approximate surface area is 167 Å². The zero-order valence-corrected chi connectivity index (χ0v) is 16.5. The Bertz CT molecular complexity index is 876. The van der Waals surface area contributed by atoms with Crippen molar-refractivity contribution < 1.29 is 18.0 Å². The Hall–Kier alpha value is -2.35. The molecule has 1 unspecified atom stereocenters. The zero-order chi connectivity index (χ0) is 20.8. The summed E-state index contributed by atoms with van der Waals surface area (Å²) in [7, 11) is 3.85.